The van der Waals surface area contributed by atoms with Crippen LogP contribution in [-0.2, 0) is 4.74 Å². The largest absolute Gasteiger partial charge is 0.377 e. The summed E-state index contributed by atoms with van der Waals surface area (Å²) in [5, 5.41) is 3.64. The average Bonchev–Trinajstić information content (AvgIpc) is 2.46. The monoisotopic (exact) mass is 291 g/mol. The molecule has 1 unspecified atom stereocenters. The summed E-state index contributed by atoms with van der Waals surface area (Å²) in [5.41, 5.74) is 0.941. The highest BCUT2D eigenvalue weighted by Gasteiger charge is 2.07. The minimum atomic E-state index is 0.119. The second kappa shape index (κ2) is 7.22. The van der Waals surface area contributed by atoms with Gasteiger partial charge in [0.2, 0.25) is 0 Å². The highest BCUT2D eigenvalue weighted by molar-refractivity contribution is 6.29. The number of rotatable bonds is 6. The Morgan fingerprint density at radius 3 is 2.70 bits per heavy atom. The predicted octanol–water partition coefficient (Wildman–Crippen LogP) is 3.63. The highest BCUT2D eigenvalue weighted by atomic mass is 35.5. The molecule has 1 aromatic heterocycles. The molecule has 0 aliphatic rings. The molecule has 0 saturated heterocycles. The van der Waals surface area contributed by atoms with Crippen LogP contribution in [0.5, 0.6) is 0 Å². The lowest BCUT2D eigenvalue weighted by atomic mass is 10.2. The molecule has 0 fully saturated rings. The Morgan fingerprint density at radius 2 is 2.00 bits per heavy atom. The first-order chi connectivity index (χ1) is 9.69. The van der Waals surface area contributed by atoms with Crippen LogP contribution in [0.2, 0.25) is 5.15 Å². The van der Waals surface area contributed by atoms with E-state index in [1.54, 1.807) is 6.07 Å². The van der Waals surface area contributed by atoms with Crippen molar-refractivity contribution >= 4 is 17.4 Å². The van der Waals surface area contributed by atoms with Gasteiger partial charge in [-0.3, -0.25) is 0 Å². The number of aromatic nitrogens is 2. The average molecular weight is 292 g/mol. The van der Waals surface area contributed by atoms with Crippen LogP contribution in [0.4, 0.5) is 5.82 Å². The summed E-state index contributed by atoms with van der Waals surface area (Å²) in [4.78, 5) is 8.72. The number of ether oxygens (including phenoxy) is 1. The third kappa shape index (κ3) is 4.18. The van der Waals surface area contributed by atoms with E-state index >= 15 is 0 Å². The van der Waals surface area contributed by atoms with Gasteiger partial charge in [-0.05, 0) is 13.8 Å². The normalized spacial score (nSPS) is 12.2. The summed E-state index contributed by atoms with van der Waals surface area (Å²) in [6.07, 6.45) is 0.119. The van der Waals surface area contributed by atoms with Gasteiger partial charge in [0, 0.05) is 24.8 Å². The molecule has 1 atom stereocenters. The van der Waals surface area contributed by atoms with E-state index in [4.69, 9.17) is 16.3 Å². The van der Waals surface area contributed by atoms with Gasteiger partial charge in [0.1, 0.15) is 11.0 Å². The van der Waals surface area contributed by atoms with Gasteiger partial charge in [0.25, 0.3) is 0 Å². The number of halogens is 1. The van der Waals surface area contributed by atoms with Gasteiger partial charge >= 0.3 is 0 Å². The number of benzene rings is 1. The third-order valence-electron chi connectivity index (χ3n) is 2.75. The van der Waals surface area contributed by atoms with Crippen molar-refractivity contribution in [1.29, 1.82) is 0 Å². The summed E-state index contributed by atoms with van der Waals surface area (Å²) in [5.74, 6) is 1.32. The zero-order chi connectivity index (χ0) is 14.4. The van der Waals surface area contributed by atoms with Crippen molar-refractivity contribution in [3.05, 3.63) is 41.6 Å². The number of hydrogen-bond donors (Lipinski definition) is 1. The molecule has 1 heterocycles. The molecule has 5 heteroatoms. The van der Waals surface area contributed by atoms with E-state index in [-0.39, 0.29) is 6.10 Å². The fourth-order valence-electron chi connectivity index (χ4n) is 1.82. The Labute approximate surface area is 124 Å². The molecule has 1 aromatic carbocycles. The maximum absolute atomic E-state index is 6.05. The molecule has 0 aliphatic carbocycles. The van der Waals surface area contributed by atoms with Crippen LogP contribution in [-0.4, -0.2) is 29.2 Å². The van der Waals surface area contributed by atoms with Crippen molar-refractivity contribution < 1.29 is 4.74 Å². The number of nitrogens with zero attached hydrogens (tertiary/aromatic N) is 2. The molecule has 1 N–H and O–H groups in total. The number of anilines is 1. The van der Waals surface area contributed by atoms with Gasteiger partial charge in [-0.1, -0.05) is 41.9 Å². The number of hydrogen-bond acceptors (Lipinski definition) is 4. The zero-order valence-corrected chi connectivity index (χ0v) is 12.4. The molecule has 0 aliphatic heterocycles. The van der Waals surface area contributed by atoms with E-state index in [1.807, 2.05) is 44.2 Å². The maximum atomic E-state index is 6.05. The Kier molecular flexibility index (Phi) is 5.32. The SMILES string of the molecule is CCOC(C)CNc1cc(Cl)nc(-c2ccccc2)n1. The first-order valence-electron chi connectivity index (χ1n) is 6.64. The molecule has 0 bridgehead atoms. The van der Waals surface area contributed by atoms with Crippen molar-refractivity contribution in [3.63, 3.8) is 0 Å². The maximum Gasteiger partial charge on any atom is 0.163 e. The van der Waals surface area contributed by atoms with Crippen LogP contribution in [0, 0.1) is 0 Å². The number of nitrogens with one attached hydrogen (secondary N) is 1. The summed E-state index contributed by atoms with van der Waals surface area (Å²) in [6, 6.07) is 11.5. The summed E-state index contributed by atoms with van der Waals surface area (Å²) >= 11 is 6.05. The van der Waals surface area contributed by atoms with Crippen LogP contribution in [0.1, 0.15) is 13.8 Å². The minimum absolute atomic E-state index is 0.119. The van der Waals surface area contributed by atoms with Gasteiger partial charge in [0.05, 0.1) is 6.10 Å². The first-order valence-corrected chi connectivity index (χ1v) is 7.02. The molecule has 106 valence electrons. The van der Waals surface area contributed by atoms with Gasteiger partial charge < -0.3 is 10.1 Å². The Balaban J connectivity index is 2.13. The molecule has 20 heavy (non-hydrogen) atoms. The Hall–Kier alpha value is -1.65. The van der Waals surface area contributed by atoms with Crippen LogP contribution < -0.4 is 5.32 Å². The fraction of sp³-hybridized carbons (Fsp3) is 0.333. The fourth-order valence-corrected chi connectivity index (χ4v) is 2.00. The lowest BCUT2D eigenvalue weighted by Gasteiger charge is -2.13. The van der Waals surface area contributed by atoms with E-state index in [1.165, 1.54) is 0 Å². The van der Waals surface area contributed by atoms with E-state index in [9.17, 15) is 0 Å². The van der Waals surface area contributed by atoms with Gasteiger partial charge in [-0.2, -0.15) is 0 Å². The molecule has 0 saturated carbocycles. The topological polar surface area (TPSA) is 47.0 Å². The van der Waals surface area contributed by atoms with Crippen LogP contribution >= 0.6 is 11.6 Å². The molecule has 2 rings (SSSR count). The standard InChI is InChI=1S/C15H18ClN3O/c1-3-20-11(2)10-17-14-9-13(16)18-15(19-14)12-7-5-4-6-8-12/h4-9,11H,3,10H2,1-2H3,(H,17,18,19). The lowest BCUT2D eigenvalue weighted by Crippen LogP contribution is -2.20. The molecule has 0 amide bonds. The first kappa shape index (κ1) is 14.8. The van der Waals surface area contributed by atoms with Crippen molar-refractivity contribution in [2.24, 2.45) is 0 Å². The van der Waals surface area contributed by atoms with Crippen LogP contribution in [0.25, 0.3) is 11.4 Å². The van der Waals surface area contributed by atoms with Gasteiger partial charge in [-0.15, -0.1) is 0 Å². The van der Waals surface area contributed by atoms with E-state index in [0.29, 0.717) is 29.9 Å². The van der Waals surface area contributed by atoms with Crippen LogP contribution in [0.15, 0.2) is 36.4 Å². The Morgan fingerprint density at radius 1 is 1.25 bits per heavy atom. The predicted molar refractivity (Wildman–Crippen MR) is 82.1 cm³/mol. The van der Waals surface area contributed by atoms with Crippen molar-refractivity contribution in [3.8, 4) is 11.4 Å². The molecule has 2 aromatic rings. The molecule has 0 spiro atoms. The van der Waals surface area contributed by atoms with Crippen LogP contribution in [0.3, 0.4) is 0 Å². The van der Waals surface area contributed by atoms with E-state index < -0.39 is 0 Å². The smallest absolute Gasteiger partial charge is 0.163 e. The zero-order valence-electron chi connectivity index (χ0n) is 11.6. The molecule has 0 radical (unpaired) electrons. The van der Waals surface area contributed by atoms with Crippen molar-refractivity contribution in [2.75, 3.05) is 18.5 Å². The van der Waals surface area contributed by atoms with Gasteiger partial charge in [0.15, 0.2) is 5.82 Å². The highest BCUT2D eigenvalue weighted by Crippen LogP contribution is 2.19. The van der Waals surface area contributed by atoms with E-state index in [2.05, 4.69) is 15.3 Å². The lowest BCUT2D eigenvalue weighted by molar-refractivity contribution is 0.0855. The molecular weight excluding hydrogens is 274 g/mol. The van der Waals surface area contributed by atoms with Gasteiger partial charge in [-0.25, -0.2) is 9.97 Å². The van der Waals surface area contributed by atoms with E-state index in [0.717, 1.165) is 5.56 Å². The Bertz CT molecular complexity index is 548. The summed E-state index contributed by atoms with van der Waals surface area (Å²) < 4.78 is 5.47. The second-order valence-electron chi connectivity index (χ2n) is 4.41. The second-order valence-corrected chi connectivity index (χ2v) is 4.80. The summed E-state index contributed by atoms with van der Waals surface area (Å²) in [6.45, 7) is 5.36. The van der Waals surface area contributed by atoms with Crippen molar-refractivity contribution in [2.45, 2.75) is 20.0 Å². The molecule has 4 nitrogen and oxygen atoms in total. The third-order valence-corrected chi connectivity index (χ3v) is 2.94. The quantitative estimate of drug-likeness (QED) is 0.826. The van der Waals surface area contributed by atoms with Crippen molar-refractivity contribution in [1.82, 2.24) is 9.97 Å². The molecular formula is C15H18ClN3O. The minimum Gasteiger partial charge on any atom is -0.377 e. The summed E-state index contributed by atoms with van der Waals surface area (Å²) in [7, 11) is 0.